The van der Waals surface area contributed by atoms with Crippen LogP contribution in [0.5, 0.6) is 0 Å². The van der Waals surface area contributed by atoms with Crippen molar-refractivity contribution in [3.05, 3.63) is 12.2 Å². The summed E-state index contributed by atoms with van der Waals surface area (Å²) in [7, 11) is 0. The summed E-state index contributed by atoms with van der Waals surface area (Å²) in [5, 5.41) is 23.4. The molecule has 0 heterocycles. The van der Waals surface area contributed by atoms with E-state index in [1.807, 2.05) is 0 Å². The molecule has 0 spiro atoms. The molecule has 0 rings (SSSR count). The van der Waals surface area contributed by atoms with Crippen LogP contribution in [0.15, 0.2) is 12.2 Å². The third-order valence-corrected chi connectivity index (χ3v) is 18.8. The summed E-state index contributed by atoms with van der Waals surface area (Å²) in [6.07, 6.45) is 94.6. The fourth-order valence-corrected chi connectivity index (χ4v) is 12.8. The van der Waals surface area contributed by atoms with Gasteiger partial charge in [-0.05, 0) is 51.4 Å². The maximum atomic E-state index is 12.5. The van der Waals surface area contributed by atoms with Gasteiger partial charge >= 0.3 is 5.97 Å². The van der Waals surface area contributed by atoms with Crippen LogP contribution in [0, 0.1) is 0 Å². The highest BCUT2D eigenvalue weighted by Gasteiger charge is 2.20. The van der Waals surface area contributed by atoms with Crippen LogP contribution in [-0.2, 0) is 14.3 Å². The van der Waals surface area contributed by atoms with Gasteiger partial charge in [0, 0.05) is 12.8 Å². The van der Waals surface area contributed by atoms with E-state index in [-0.39, 0.29) is 18.5 Å². The van der Waals surface area contributed by atoms with Crippen LogP contribution in [0.25, 0.3) is 0 Å². The molecule has 0 bridgehead atoms. The number of amides is 1. The summed E-state index contributed by atoms with van der Waals surface area (Å²) in [5.41, 5.74) is 0. The summed E-state index contributed by atoms with van der Waals surface area (Å²) in [6, 6.07) is -0.536. The average molecular weight is 1200 g/mol. The lowest BCUT2D eigenvalue weighted by Gasteiger charge is -2.22. The lowest BCUT2D eigenvalue weighted by molar-refractivity contribution is -0.143. The first-order valence-electron chi connectivity index (χ1n) is 39.4. The van der Waals surface area contributed by atoms with Gasteiger partial charge in [0.1, 0.15) is 0 Å². The molecule has 0 aromatic heterocycles. The quantitative estimate of drug-likeness (QED) is 0.0320. The molecule has 0 aliphatic heterocycles. The lowest BCUT2D eigenvalue weighted by Crippen LogP contribution is -2.45. The molecule has 1 amide bonds. The summed E-state index contributed by atoms with van der Waals surface area (Å²) in [6.45, 7) is 4.98. The number of aliphatic hydroxyl groups excluding tert-OH is 2. The topological polar surface area (TPSA) is 95.9 Å². The van der Waals surface area contributed by atoms with Gasteiger partial charge in [0.2, 0.25) is 5.91 Å². The Morgan fingerprint density at radius 1 is 0.318 bits per heavy atom. The SMILES string of the molecule is CCCCCC/C=C\CCCCCCCC(=O)OCCCCCCCCCCCCCCCCCCCCCCCCCCCCCCCCCCCCCCCCCC(=O)NC(CO)C(O)CCCCCCCCCCCCCCCCCC. The van der Waals surface area contributed by atoms with Crippen LogP contribution in [0.1, 0.15) is 457 Å². The number of hydrogen-bond acceptors (Lipinski definition) is 5. The Morgan fingerprint density at radius 2 is 0.553 bits per heavy atom. The molecule has 0 aromatic rings. The Bertz CT molecular complexity index is 1290. The first-order chi connectivity index (χ1) is 42.0. The summed E-state index contributed by atoms with van der Waals surface area (Å²) < 4.78 is 5.49. The smallest absolute Gasteiger partial charge is 0.305 e. The van der Waals surface area contributed by atoms with Crippen molar-refractivity contribution in [3.63, 3.8) is 0 Å². The van der Waals surface area contributed by atoms with Crippen LogP contribution < -0.4 is 5.32 Å². The third-order valence-electron chi connectivity index (χ3n) is 18.8. The predicted octanol–water partition coefficient (Wildman–Crippen LogP) is 25.9. The molecule has 0 aliphatic rings. The van der Waals surface area contributed by atoms with Crippen LogP contribution in [0.4, 0.5) is 0 Å². The monoisotopic (exact) mass is 1200 g/mol. The minimum atomic E-state index is -0.659. The number of ether oxygens (including phenoxy) is 1. The summed E-state index contributed by atoms with van der Waals surface area (Å²) in [5.74, 6) is -0.00887. The van der Waals surface area contributed by atoms with Crippen molar-refractivity contribution in [2.24, 2.45) is 0 Å². The molecule has 506 valence electrons. The first kappa shape index (κ1) is 83.6. The molecule has 2 atom stereocenters. The van der Waals surface area contributed by atoms with Crippen LogP contribution >= 0.6 is 0 Å². The van der Waals surface area contributed by atoms with Gasteiger partial charge in [-0.2, -0.15) is 0 Å². The number of unbranched alkanes of at least 4 members (excludes halogenated alkanes) is 62. The van der Waals surface area contributed by atoms with Gasteiger partial charge < -0.3 is 20.3 Å². The van der Waals surface area contributed by atoms with Crippen LogP contribution in [0.2, 0.25) is 0 Å². The van der Waals surface area contributed by atoms with E-state index < -0.39 is 12.1 Å². The number of carbonyl (C=O) groups excluding carboxylic acids is 2. The number of rotatable bonds is 75. The zero-order valence-electron chi connectivity index (χ0n) is 58.1. The fourth-order valence-electron chi connectivity index (χ4n) is 12.8. The minimum Gasteiger partial charge on any atom is -0.466 e. The zero-order chi connectivity index (χ0) is 61.3. The number of hydrogen-bond donors (Lipinski definition) is 3. The maximum absolute atomic E-state index is 12.5. The fraction of sp³-hybridized carbons (Fsp3) is 0.949. The minimum absolute atomic E-state index is 0.0157. The second-order valence-corrected chi connectivity index (χ2v) is 27.4. The number of aliphatic hydroxyl groups is 2. The van der Waals surface area contributed by atoms with Gasteiger partial charge in [0.05, 0.1) is 25.4 Å². The average Bonchev–Trinajstić information content (AvgIpc) is 3.51. The maximum Gasteiger partial charge on any atom is 0.305 e. The normalized spacial score (nSPS) is 12.5. The highest BCUT2D eigenvalue weighted by Crippen LogP contribution is 2.20. The molecule has 2 unspecified atom stereocenters. The molecule has 3 N–H and O–H groups in total. The standard InChI is InChI=1S/C79H155NO5/c1-3-5-7-9-11-13-15-17-18-44-48-51-55-59-63-67-71-77(82)76(75-81)80-78(83)72-68-64-60-56-52-49-45-42-40-38-36-34-32-30-28-26-24-22-20-19-21-23-25-27-29-31-33-35-37-39-41-43-46-50-54-58-62-66-70-74-85-79(84)73-69-65-61-57-53-47-16-14-12-10-8-6-4-2/h14,16,76-77,81-82H,3-13,15,17-75H2,1-2H3,(H,80,83)/b16-14-. The highest BCUT2D eigenvalue weighted by molar-refractivity contribution is 5.76. The molecule has 6 nitrogen and oxygen atoms in total. The van der Waals surface area contributed by atoms with Gasteiger partial charge in [-0.1, -0.05) is 405 Å². The van der Waals surface area contributed by atoms with Crippen molar-refractivity contribution in [3.8, 4) is 0 Å². The van der Waals surface area contributed by atoms with E-state index in [1.165, 1.54) is 379 Å². The number of carbonyl (C=O) groups is 2. The number of allylic oxidation sites excluding steroid dienone is 2. The van der Waals surface area contributed by atoms with Gasteiger partial charge in [-0.15, -0.1) is 0 Å². The number of esters is 1. The molecule has 85 heavy (non-hydrogen) atoms. The van der Waals surface area contributed by atoms with Gasteiger partial charge in [-0.3, -0.25) is 9.59 Å². The zero-order valence-corrected chi connectivity index (χ0v) is 58.1. The number of nitrogens with one attached hydrogen (secondary N) is 1. The van der Waals surface area contributed by atoms with Crippen molar-refractivity contribution in [2.45, 2.75) is 469 Å². The van der Waals surface area contributed by atoms with E-state index >= 15 is 0 Å². The Kier molecular flexibility index (Phi) is 73.8. The van der Waals surface area contributed by atoms with Crippen molar-refractivity contribution in [2.75, 3.05) is 13.2 Å². The van der Waals surface area contributed by atoms with Gasteiger partial charge in [0.25, 0.3) is 0 Å². The van der Waals surface area contributed by atoms with Gasteiger partial charge in [0.15, 0.2) is 0 Å². The molecule has 0 fully saturated rings. The Balaban J connectivity index is 3.28. The largest absolute Gasteiger partial charge is 0.466 e. The van der Waals surface area contributed by atoms with E-state index in [0.717, 1.165) is 44.9 Å². The van der Waals surface area contributed by atoms with Crippen molar-refractivity contribution in [1.82, 2.24) is 5.32 Å². The second-order valence-electron chi connectivity index (χ2n) is 27.4. The van der Waals surface area contributed by atoms with E-state index in [1.54, 1.807) is 0 Å². The molecular formula is C79H155NO5. The van der Waals surface area contributed by atoms with Gasteiger partial charge in [-0.25, -0.2) is 0 Å². The molecular weight excluding hydrogens is 1040 g/mol. The Morgan fingerprint density at radius 3 is 0.847 bits per heavy atom. The van der Waals surface area contributed by atoms with E-state index in [2.05, 4.69) is 31.3 Å². The van der Waals surface area contributed by atoms with Crippen molar-refractivity contribution in [1.29, 1.82) is 0 Å². The first-order valence-corrected chi connectivity index (χ1v) is 39.4. The highest BCUT2D eigenvalue weighted by atomic mass is 16.5. The van der Waals surface area contributed by atoms with Crippen LogP contribution in [-0.4, -0.2) is 47.4 Å². The molecule has 0 radical (unpaired) electrons. The third kappa shape index (κ3) is 71.6. The van der Waals surface area contributed by atoms with Crippen molar-refractivity contribution >= 4 is 11.9 Å². The molecule has 6 heteroatoms. The molecule has 0 saturated heterocycles. The summed E-state index contributed by atoms with van der Waals surface area (Å²) >= 11 is 0. The lowest BCUT2D eigenvalue weighted by atomic mass is 10.0. The van der Waals surface area contributed by atoms with E-state index in [4.69, 9.17) is 4.74 Å². The summed E-state index contributed by atoms with van der Waals surface area (Å²) in [4.78, 5) is 24.6. The van der Waals surface area contributed by atoms with Crippen LogP contribution in [0.3, 0.4) is 0 Å². The van der Waals surface area contributed by atoms with E-state index in [9.17, 15) is 19.8 Å². The second kappa shape index (κ2) is 75.1. The molecule has 0 saturated carbocycles. The molecule has 0 aromatic carbocycles. The van der Waals surface area contributed by atoms with Crippen molar-refractivity contribution < 1.29 is 24.5 Å². The van der Waals surface area contributed by atoms with E-state index in [0.29, 0.717) is 25.9 Å². The predicted molar refractivity (Wildman–Crippen MR) is 375 cm³/mol. The molecule has 0 aliphatic carbocycles. The Labute approximate surface area is 533 Å². The Hall–Kier alpha value is -1.40.